The van der Waals surface area contributed by atoms with Gasteiger partial charge in [0.15, 0.2) is 0 Å². The van der Waals surface area contributed by atoms with Crippen molar-refractivity contribution in [2.45, 2.75) is 32.4 Å². The number of anilines is 1. The van der Waals surface area contributed by atoms with E-state index in [-0.39, 0.29) is 5.91 Å². The van der Waals surface area contributed by atoms with Gasteiger partial charge in [0, 0.05) is 11.3 Å². The Kier molecular flexibility index (Phi) is 3.67. The second-order valence-electron chi connectivity index (χ2n) is 4.44. The molecule has 0 spiro atoms. The molecule has 0 aliphatic heterocycles. The number of hydrogen-bond acceptors (Lipinski definition) is 3. The largest absolute Gasteiger partial charge is 0.389 e. The first-order valence-corrected chi connectivity index (χ1v) is 5.19. The van der Waals surface area contributed by atoms with Gasteiger partial charge in [-0.3, -0.25) is 4.79 Å². The lowest BCUT2D eigenvalue weighted by Crippen LogP contribution is -2.45. The number of para-hydroxylation sites is 1. The predicted molar refractivity (Wildman–Crippen MR) is 64.0 cm³/mol. The molecule has 0 saturated heterocycles. The highest BCUT2D eigenvalue weighted by Crippen LogP contribution is 2.22. The third-order valence-corrected chi connectivity index (χ3v) is 2.24. The van der Waals surface area contributed by atoms with Crippen molar-refractivity contribution in [3.8, 4) is 0 Å². The summed E-state index contributed by atoms with van der Waals surface area (Å²) < 4.78 is 0. The molecule has 1 unspecified atom stereocenters. The maximum atomic E-state index is 11.7. The van der Waals surface area contributed by atoms with E-state index in [2.05, 4.69) is 5.32 Å². The molecule has 4 N–H and O–H groups in total. The molecule has 0 heterocycles. The fourth-order valence-corrected chi connectivity index (χ4v) is 1.26. The van der Waals surface area contributed by atoms with Crippen LogP contribution in [-0.2, 0) is 4.79 Å². The Morgan fingerprint density at radius 1 is 1.44 bits per heavy atom. The highest BCUT2D eigenvalue weighted by molar-refractivity contribution is 5.97. The number of nitrogens with one attached hydrogen (secondary N) is 1. The minimum atomic E-state index is -0.939. The fourth-order valence-electron chi connectivity index (χ4n) is 1.26. The molecule has 88 valence electrons. The number of carbonyl (C=O) groups excluding carboxylic acids is 1. The normalized spacial score (nSPS) is 13.3. The van der Waals surface area contributed by atoms with Crippen LogP contribution in [0.1, 0.15) is 32.4 Å². The Bertz CT molecular complexity index is 381. The third kappa shape index (κ3) is 3.05. The molecule has 0 aliphatic carbocycles. The van der Waals surface area contributed by atoms with Crippen LogP contribution in [0, 0.1) is 0 Å². The van der Waals surface area contributed by atoms with Gasteiger partial charge in [-0.1, -0.05) is 18.2 Å². The summed E-state index contributed by atoms with van der Waals surface area (Å²) >= 11 is 0. The average molecular weight is 222 g/mol. The molecule has 1 rings (SSSR count). The molecule has 0 aliphatic rings. The monoisotopic (exact) mass is 222 g/mol. The van der Waals surface area contributed by atoms with Crippen molar-refractivity contribution in [1.82, 2.24) is 0 Å². The number of rotatable bonds is 3. The minimum absolute atomic E-state index is 0.277. The molecule has 1 aromatic rings. The lowest BCUT2D eigenvalue weighted by atomic mass is 10.0. The number of carbonyl (C=O) groups is 1. The fraction of sp³-hybridized carbons (Fsp3) is 0.417. The van der Waals surface area contributed by atoms with Crippen molar-refractivity contribution in [2.75, 3.05) is 5.32 Å². The minimum Gasteiger partial charge on any atom is -0.389 e. The van der Waals surface area contributed by atoms with Gasteiger partial charge in [0.25, 0.3) is 0 Å². The molecule has 0 bridgehead atoms. The van der Waals surface area contributed by atoms with Crippen LogP contribution in [0.25, 0.3) is 0 Å². The molecule has 4 nitrogen and oxygen atoms in total. The summed E-state index contributed by atoms with van der Waals surface area (Å²) in [5.41, 5.74) is 6.02. The van der Waals surface area contributed by atoms with Crippen LogP contribution in [0.5, 0.6) is 0 Å². The number of nitrogens with two attached hydrogens (primary N) is 1. The van der Waals surface area contributed by atoms with E-state index in [1.54, 1.807) is 39.0 Å². The highest BCUT2D eigenvalue weighted by atomic mass is 16.3. The van der Waals surface area contributed by atoms with Gasteiger partial charge in [0.1, 0.15) is 0 Å². The lowest BCUT2D eigenvalue weighted by molar-refractivity contribution is -0.120. The maximum Gasteiger partial charge on any atom is 0.243 e. The van der Waals surface area contributed by atoms with E-state index < -0.39 is 11.6 Å². The quantitative estimate of drug-likeness (QED) is 0.724. The van der Waals surface area contributed by atoms with Gasteiger partial charge < -0.3 is 16.2 Å². The summed E-state index contributed by atoms with van der Waals surface area (Å²) in [5, 5.41) is 12.2. The molecular formula is C12H18N2O2. The summed E-state index contributed by atoms with van der Waals surface area (Å²) in [7, 11) is 0. The number of benzene rings is 1. The van der Waals surface area contributed by atoms with Crippen LogP contribution < -0.4 is 11.1 Å². The van der Waals surface area contributed by atoms with Gasteiger partial charge in [0.05, 0.1) is 11.6 Å². The molecule has 16 heavy (non-hydrogen) atoms. The topological polar surface area (TPSA) is 75.3 Å². The van der Waals surface area contributed by atoms with Gasteiger partial charge in [-0.05, 0) is 26.8 Å². The Morgan fingerprint density at radius 2 is 2.00 bits per heavy atom. The summed E-state index contributed by atoms with van der Waals surface area (Å²) in [6, 6.07) is 7.12. The number of aliphatic hydroxyl groups excluding tert-OH is 1. The van der Waals surface area contributed by atoms with E-state index in [0.29, 0.717) is 11.3 Å². The van der Waals surface area contributed by atoms with Crippen molar-refractivity contribution < 1.29 is 9.90 Å². The van der Waals surface area contributed by atoms with Crippen LogP contribution in [-0.4, -0.2) is 16.6 Å². The summed E-state index contributed by atoms with van der Waals surface area (Å²) in [5.74, 6) is -0.277. The van der Waals surface area contributed by atoms with Crippen molar-refractivity contribution >= 4 is 11.6 Å². The molecular weight excluding hydrogens is 204 g/mol. The van der Waals surface area contributed by atoms with Gasteiger partial charge in [-0.2, -0.15) is 0 Å². The second kappa shape index (κ2) is 4.63. The van der Waals surface area contributed by atoms with Gasteiger partial charge in [0.2, 0.25) is 5.91 Å². The van der Waals surface area contributed by atoms with Gasteiger partial charge >= 0.3 is 0 Å². The predicted octanol–water partition coefficient (Wildman–Crippen LogP) is 1.42. The van der Waals surface area contributed by atoms with E-state index in [9.17, 15) is 9.90 Å². The Morgan fingerprint density at radius 3 is 2.50 bits per heavy atom. The van der Waals surface area contributed by atoms with Crippen molar-refractivity contribution in [3.63, 3.8) is 0 Å². The Hall–Kier alpha value is -1.39. The zero-order valence-corrected chi connectivity index (χ0v) is 9.82. The molecule has 0 saturated carbocycles. The zero-order valence-electron chi connectivity index (χ0n) is 9.82. The number of aliphatic hydroxyl groups is 1. The first-order chi connectivity index (χ1) is 7.32. The van der Waals surface area contributed by atoms with E-state index >= 15 is 0 Å². The van der Waals surface area contributed by atoms with E-state index in [4.69, 9.17) is 5.73 Å². The molecule has 0 radical (unpaired) electrons. The summed E-state index contributed by atoms with van der Waals surface area (Å²) in [4.78, 5) is 11.7. The molecule has 0 aromatic heterocycles. The van der Waals surface area contributed by atoms with Crippen molar-refractivity contribution in [2.24, 2.45) is 5.73 Å². The Labute approximate surface area is 95.5 Å². The SMILES string of the molecule is CC(O)c1ccccc1NC(=O)C(C)(C)N. The molecule has 1 atom stereocenters. The standard InChI is InChI=1S/C12H18N2O2/c1-8(15)9-6-4-5-7-10(9)14-11(16)12(2,3)13/h4-8,15H,13H2,1-3H3,(H,14,16). The van der Waals surface area contributed by atoms with E-state index in [1.165, 1.54) is 0 Å². The van der Waals surface area contributed by atoms with Crippen LogP contribution in [0.2, 0.25) is 0 Å². The Balaban J connectivity index is 2.94. The van der Waals surface area contributed by atoms with Gasteiger partial charge in [-0.25, -0.2) is 0 Å². The summed E-state index contributed by atoms with van der Waals surface area (Å²) in [6.45, 7) is 4.92. The molecule has 1 amide bonds. The first-order valence-electron chi connectivity index (χ1n) is 5.19. The number of hydrogen-bond donors (Lipinski definition) is 3. The maximum absolute atomic E-state index is 11.7. The van der Waals surface area contributed by atoms with E-state index in [0.717, 1.165) is 0 Å². The zero-order chi connectivity index (χ0) is 12.3. The van der Waals surface area contributed by atoms with Crippen molar-refractivity contribution in [3.05, 3.63) is 29.8 Å². The lowest BCUT2D eigenvalue weighted by Gasteiger charge is -2.20. The van der Waals surface area contributed by atoms with Crippen molar-refractivity contribution in [1.29, 1.82) is 0 Å². The third-order valence-electron chi connectivity index (χ3n) is 2.24. The first kappa shape index (κ1) is 12.7. The van der Waals surface area contributed by atoms with E-state index in [1.807, 2.05) is 6.07 Å². The summed E-state index contributed by atoms with van der Waals surface area (Å²) in [6.07, 6.45) is -0.627. The second-order valence-corrected chi connectivity index (χ2v) is 4.44. The molecule has 1 aromatic carbocycles. The van der Waals surface area contributed by atoms with Crippen LogP contribution in [0.3, 0.4) is 0 Å². The van der Waals surface area contributed by atoms with Crippen LogP contribution >= 0.6 is 0 Å². The number of amides is 1. The smallest absolute Gasteiger partial charge is 0.243 e. The average Bonchev–Trinajstić information content (AvgIpc) is 2.16. The van der Waals surface area contributed by atoms with Crippen LogP contribution in [0.15, 0.2) is 24.3 Å². The van der Waals surface area contributed by atoms with Gasteiger partial charge in [-0.15, -0.1) is 0 Å². The highest BCUT2D eigenvalue weighted by Gasteiger charge is 2.22. The molecule has 4 heteroatoms. The molecule has 0 fully saturated rings. The van der Waals surface area contributed by atoms with Crippen LogP contribution in [0.4, 0.5) is 5.69 Å².